The molecule has 6 rings (SSSR count). The number of benzene rings is 5. The molecule has 0 heterocycles. The highest BCUT2D eigenvalue weighted by Crippen LogP contribution is 2.44. The Hall–Kier alpha value is -6.75. The maximum absolute atomic E-state index is 13.8. The second-order valence-electron chi connectivity index (χ2n) is 13.4. The molecule has 3 unspecified atom stereocenters. The van der Waals surface area contributed by atoms with Gasteiger partial charge in [-0.2, -0.15) is 0 Å². The molecule has 5 aromatic carbocycles. The molecule has 0 bridgehead atoms. The van der Waals surface area contributed by atoms with Gasteiger partial charge in [0.25, 0.3) is 0 Å². The number of aliphatic carboxylic acids is 1. The molecular weight excluding hydrogens is 697 g/mol. The average Bonchev–Trinajstić information content (AvgIpc) is 3.53. The molecule has 11 heteroatoms. The second kappa shape index (κ2) is 16.9. The summed E-state index contributed by atoms with van der Waals surface area (Å²) in [5, 5.41) is 20.5. The molecule has 3 atom stereocenters. The lowest BCUT2D eigenvalue weighted by Gasteiger charge is -2.37. The van der Waals surface area contributed by atoms with E-state index in [1.165, 1.54) is 13.8 Å². The van der Waals surface area contributed by atoms with Crippen molar-refractivity contribution in [2.75, 3.05) is 6.61 Å². The quantitative estimate of drug-likeness (QED) is 0.0942. The Morgan fingerprint density at radius 3 is 1.49 bits per heavy atom. The molecule has 5 aromatic rings. The predicted octanol–water partition coefficient (Wildman–Crippen LogP) is 5.49. The van der Waals surface area contributed by atoms with E-state index in [4.69, 9.17) is 4.74 Å². The second-order valence-corrected chi connectivity index (χ2v) is 13.4. The normalized spacial score (nSPS) is 13.6. The Bertz CT molecular complexity index is 2020. The third kappa shape index (κ3) is 8.41. The molecule has 4 amide bonds. The van der Waals surface area contributed by atoms with Crippen molar-refractivity contribution in [3.63, 3.8) is 0 Å². The van der Waals surface area contributed by atoms with Crippen molar-refractivity contribution in [3.8, 4) is 11.1 Å². The van der Waals surface area contributed by atoms with Crippen LogP contribution in [0.15, 0.2) is 140 Å². The number of carbonyl (C=O) groups is 5. The zero-order chi connectivity index (χ0) is 39.0. The number of ether oxygens (including phenoxy) is 1. The standard InChI is InChI=1S/C44H42N4O7/c1-28(45-40(50)29(2)46-43(54)55-27-37-35-24-14-12-22-33(35)34-23-13-15-25-36(34)37)41(51)47-38(42(52)53)26-39(49)48-44(30-16-6-3-7-17-30,31-18-8-4-9-19-31)32-20-10-5-11-21-32/h3-25,28-29,37-38H,26-27H2,1-2H3,(H,45,50)(H,46,54)(H,47,51)(H,48,49)(H,52,53). The van der Waals surface area contributed by atoms with Crippen LogP contribution in [0.4, 0.5) is 4.79 Å². The zero-order valence-electron chi connectivity index (χ0n) is 30.4. The number of hydrogen-bond acceptors (Lipinski definition) is 6. The number of carboxylic acid groups (broad SMARTS) is 1. The van der Waals surface area contributed by atoms with Crippen LogP contribution in [0.3, 0.4) is 0 Å². The summed E-state index contributed by atoms with van der Waals surface area (Å²) in [4.78, 5) is 65.1. The number of carbonyl (C=O) groups excluding carboxylic acids is 4. The van der Waals surface area contributed by atoms with Gasteiger partial charge in [-0.15, -0.1) is 0 Å². The molecule has 0 saturated carbocycles. The highest BCUT2D eigenvalue weighted by atomic mass is 16.5. The van der Waals surface area contributed by atoms with E-state index in [2.05, 4.69) is 21.3 Å². The lowest BCUT2D eigenvalue weighted by molar-refractivity contribution is -0.144. The van der Waals surface area contributed by atoms with Gasteiger partial charge < -0.3 is 31.1 Å². The van der Waals surface area contributed by atoms with Gasteiger partial charge in [0.15, 0.2) is 0 Å². The van der Waals surface area contributed by atoms with Crippen LogP contribution in [0.5, 0.6) is 0 Å². The minimum Gasteiger partial charge on any atom is -0.480 e. The van der Waals surface area contributed by atoms with Crippen LogP contribution in [0.1, 0.15) is 54.0 Å². The van der Waals surface area contributed by atoms with Crippen LogP contribution in [0.25, 0.3) is 11.1 Å². The van der Waals surface area contributed by atoms with Gasteiger partial charge in [-0.1, -0.05) is 140 Å². The van der Waals surface area contributed by atoms with Gasteiger partial charge in [-0.3, -0.25) is 14.4 Å². The average molecular weight is 739 g/mol. The first-order valence-electron chi connectivity index (χ1n) is 18.0. The van der Waals surface area contributed by atoms with Crippen molar-refractivity contribution in [1.29, 1.82) is 0 Å². The van der Waals surface area contributed by atoms with Crippen LogP contribution in [0, 0.1) is 0 Å². The van der Waals surface area contributed by atoms with E-state index in [0.717, 1.165) is 38.9 Å². The summed E-state index contributed by atoms with van der Waals surface area (Å²) in [5.41, 5.74) is 5.29. The molecule has 0 saturated heterocycles. The van der Waals surface area contributed by atoms with Gasteiger partial charge in [0.1, 0.15) is 30.3 Å². The van der Waals surface area contributed by atoms with Crippen molar-refractivity contribution in [3.05, 3.63) is 167 Å². The van der Waals surface area contributed by atoms with Crippen LogP contribution in [-0.4, -0.2) is 59.6 Å². The summed E-state index contributed by atoms with van der Waals surface area (Å²) in [6.07, 6.45) is -1.41. The number of fused-ring (bicyclic) bond motifs is 3. The number of nitrogens with one attached hydrogen (secondary N) is 4. The number of hydrogen-bond donors (Lipinski definition) is 5. The molecule has 5 N–H and O–H groups in total. The minimum atomic E-state index is -1.62. The highest BCUT2D eigenvalue weighted by Gasteiger charge is 2.39. The van der Waals surface area contributed by atoms with Crippen molar-refractivity contribution in [1.82, 2.24) is 21.3 Å². The number of carboxylic acids is 1. The molecular formula is C44H42N4O7. The molecule has 1 aliphatic carbocycles. The lowest BCUT2D eigenvalue weighted by Crippen LogP contribution is -2.55. The molecule has 0 aliphatic heterocycles. The first kappa shape index (κ1) is 38.0. The Balaban J connectivity index is 1.06. The van der Waals surface area contributed by atoms with Crippen molar-refractivity contribution >= 4 is 29.8 Å². The number of amides is 4. The number of alkyl carbamates (subject to hydrolysis) is 1. The van der Waals surface area contributed by atoms with E-state index >= 15 is 0 Å². The fourth-order valence-electron chi connectivity index (χ4n) is 7.01. The molecule has 1 aliphatic rings. The third-order valence-electron chi connectivity index (χ3n) is 9.77. The molecule has 55 heavy (non-hydrogen) atoms. The lowest BCUT2D eigenvalue weighted by atomic mass is 9.77. The largest absolute Gasteiger partial charge is 0.480 e. The van der Waals surface area contributed by atoms with Gasteiger partial charge in [-0.05, 0) is 52.8 Å². The monoisotopic (exact) mass is 738 g/mol. The van der Waals surface area contributed by atoms with E-state index in [-0.39, 0.29) is 12.5 Å². The van der Waals surface area contributed by atoms with Crippen molar-refractivity contribution in [2.45, 2.75) is 49.9 Å². The summed E-state index contributed by atoms with van der Waals surface area (Å²) < 4.78 is 5.54. The summed E-state index contributed by atoms with van der Waals surface area (Å²) in [5.74, 6) is -3.76. The van der Waals surface area contributed by atoms with Crippen LogP contribution in [0.2, 0.25) is 0 Å². The van der Waals surface area contributed by atoms with Crippen molar-refractivity contribution < 1.29 is 33.8 Å². The van der Waals surface area contributed by atoms with Crippen LogP contribution < -0.4 is 21.3 Å². The van der Waals surface area contributed by atoms with Crippen molar-refractivity contribution in [2.24, 2.45) is 0 Å². The van der Waals surface area contributed by atoms with E-state index in [0.29, 0.717) is 0 Å². The summed E-state index contributed by atoms with van der Waals surface area (Å²) in [6.45, 7) is 2.86. The van der Waals surface area contributed by atoms with Gasteiger partial charge in [0.05, 0.1) is 6.42 Å². The van der Waals surface area contributed by atoms with Gasteiger partial charge in [0.2, 0.25) is 17.7 Å². The van der Waals surface area contributed by atoms with Gasteiger partial charge in [-0.25, -0.2) is 9.59 Å². The Morgan fingerprint density at radius 2 is 1.02 bits per heavy atom. The first-order chi connectivity index (χ1) is 26.6. The molecule has 0 spiro atoms. The van der Waals surface area contributed by atoms with Crippen LogP contribution in [-0.2, 0) is 29.5 Å². The molecule has 280 valence electrons. The van der Waals surface area contributed by atoms with Gasteiger partial charge in [0, 0.05) is 5.92 Å². The van der Waals surface area contributed by atoms with E-state index in [1.54, 1.807) is 0 Å². The fourth-order valence-corrected chi connectivity index (χ4v) is 7.01. The topological polar surface area (TPSA) is 163 Å². The Labute approximate surface area is 319 Å². The maximum atomic E-state index is 13.8. The Kier molecular flexibility index (Phi) is 11.7. The maximum Gasteiger partial charge on any atom is 0.407 e. The van der Waals surface area contributed by atoms with E-state index in [1.807, 2.05) is 140 Å². The highest BCUT2D eigenvalue weighted by molar-refractivity contribution is 5.94. The third-order valence-corrected chi connectivity index (χ3v) is 9.77. The smallest absolute Gasteiger partial charge is 0.407 e. The SMILES string of the molecule is CC(NC(=O)OCC1c2ccccc2-c2ccccc21)C(=O)NC(C)C(=O)NC(CC(=O)NC(c1ccccc1)(c1ccccc1)c1ccccc1)C(=O)O. The number of rotatable bonds is 14. The minimum absolute atomic E-state index is 0.0559. The zero-order valence-corrected chi connectivity index (χ0v) is 30.4. The van der Waals surface area contributed by atoms with Gasteiger partial charge >= 0.3 is 12.1 Å². The molecule has 0 radical (unpaired) electrons. The fraction of sp³-hybridized carbons (Fsp3) is 0.205. The summed E-state index contributed by atoms with van der Waals surface area (Å²) >= 11 is 0. The van der Waals surface area contributed by atoms with E-state index in [9.17, 15) is 29.1 Å². The van der Waals surface area contributed by atoms with Crippen LogP contribution >= 0.6 is 0 Å². The summed E-state index contributed by atoms with van der Waals surface area (Å²) in [6, 6.07) is 39.9. The molecule has 0 fully saturated rings. The predicted molar refractivity (Wildman–Crippen MR) is 207 cm³/mol. The first-order valence-corrected chi connectivity index (χ1v) is 18.0. The molecule has 11 nitrogen and oxygen atoms in total. The Morgan fingerprint density at radius 1 is 0.600 bits per heavy atom. The summed E-state index contributed by atoms with van der Waals surface area (Å²) in [7, 11) is 0. The van der Waals surface area contributed by atoms with E-state index < -0.39 is 59.9 Å². The molecule has 0 aromatic heterocycles.